The topological polar surface area (TPSA) is 43.1 Å². The number of halogens is 2. The summed E-state index contributed by atoms with van der Waals surface area (Å²) in [6, 6.07) is 5.23. The standard InChI is InChI=1S/C11H7F2NOS/c12-6-3-4-7(14)10(13)9(6)11(15)8-2-1-5-16-8/h1-5H,14H2. The Labute approximate surface area is 94.3 Å². The molecule has 2 rings (SSSR count). The van der Waals surface area contributed by atoms with E-state index in [2.05, 4.69) is 0 Å². The number of carbonyl (C=O) groups is 1. The first-order valence-electron chi connectivity index (χ1n) is 4.43. The number of hydrogen-bond acceptors (Lipinski definition) is 3. The lowest BCUT2D eigenvalue weighted by molar-refractivity contribution is 0.103. The molecule has 2 aromatic rings. The van der Waals surface area contributed by atoms with Crippen LogP contribution >= 0.6 is 11.3 Å². The van der Waals surface area contributed by atoms with Gasteiger partial charge < -0.3 is 5.73 Å². The third-order valence-corrected chi connectivity index (χ3v) is 2.96. The van der Waals surface area contributed by atoms with Gasteiger partial charge in [-0.15, -0.1) is 11.3 Å². The first kappa shape index (κ1) is 10.8. The van der Waals surface area contributed by atoms with Crippen LogP contribution in [0.1, 0.15) is 15.2 Å². The van der Waals surface area contributed by atoms with Gasteiger partial charge in [-0.1, -0.05) is 6.07 Å². The summed E-state index contributed by atoms with van der Waals surface area (Å²) in [7, 11) is 0. The Kier molecular flexibility index (Phi) is 2.70. The van der Waals surface area contributed by atoms with Crippen LogP contribution < -0.4 is 5.73 Å². The van der Waals surface area contributed by atoms with Crippen molar-refractivity contribution in [3.63, 3.8) is 0 Å². The average Bonchev–Trinajstić information content (AvgIpc) is 2.77. The van der Waals surface area contributed by atoms with Crippen LogP contribution in [0.4, 0.5) is 14.5 Å². The molecule has 0 unspecified atom stereocenters. The molecule has 5 heteroatoms. The first-order chi connectivity index (χ1) is 7.61. The molecule has 1 aromatic carbocycles. The molecular formula is C11H7F2NOS. The Hall–Kier alpha value is -1.75. The number of anilines is 1. The number of nitrogens with two attached hydrogens (primary N) is 1. The summed E-state index contributed by atoms with van der Waals surface area (Å²) in [6.07, 6.45) is 0. The van der Waals surface area contributed by atoms with Gasteiger partial charge in [0.05, 0.1) is 16.1 Å². The molecule has 0 aliphatic heterocycles. The summed E-state index contributed by atoms with van der Waals surface area (Å²) in [5, 5.41) is 1.66. The lowest BCUT2D eigenvalue weighted by Gasteiger charge is -2.04. The van der Waals surface area contributed by atoms with Gasteiger partial charge in [-0.3, -0.25) is 4.79 Å². The van der Waals surface area contributed by atoms with Crippen LogP contribution in [-0.4, -0.2) is 5.78 Å². The average molecular weight is 239 g/mol. The van der Waals surface area contributed by atoms with Crippen LogP contribution in [0.5, 0.6) is 0 Å². The maximum atomic E-state index is 13.5. The normalized spacial score (nSPS) is 10.4. The maximum Gasteiger partial charge on any atom is 0.208 e. The van der Waals surface area contributed by atoms with Gasteiger partial charge in [0.2, 0.25) is 5.78 Å². The smallest absolute Gasteiger partial charge is 0.208 e. The van der Waals surface area contributed by atoms with Crippen LogP contribution in [0.3, 0.4) is 0 Å². The largest absolute Gasteiger partial charge is 0.396 e. The lowest BCUT2D eigenvalue weighted by Crippen LogP contribution is -2.08. The number of rotatable bonds is 2. The van der Waals surface area contributed by atoms with Crippen molar-refractivity contribution in [1.82, 2.24) is 0 Å². The minimum atomic E-state index is -1.00. The van der Waals surface area contributed by atoms with E-state index >= 15 is 0 Å². The van der Waals surface area contributed by atoms with Crippen LogP contribution in [0.25, 0.3) is 0 Å². The van der Waals surface area contributed by atoms with Crippen molar-refractivity contribution in [2.45, 2.75) is 0 Å². The van der Waals surface area contributed by atoms with Gasteiger partial charge in [0.25, 0.3) is 0 Å². The van der Waals surface area contributed by atoms with E-state index in [1.54, 1.807) is 11.4 Å². The van der Waals surface area contributed by atoms with Crippen molar-refractivity contribution in [1.29, 1.82) is 0 Å². The number of carbonyl (C=O) groups excluding carboxylic acids is 1. The highest BCUT2D eigenvalue weighted by molar-refractivity contribution is 7.12. The van der Waals surface area contributed by atoms with E-state index in [1.807, 2.05) is 0 Å². The molecule has 1 aromatic heterocycles. The molecule has 0 saturated carbocycles. The van der Waals surface area contributed by atoms with E-state index in [0.29, 0.717) is 0 Å². The fraction of sp³-hybridized carbons (Fsp3) is 0. The molecule has 16 heavy (non-hydrogen) atoms. The van der Waals surface area contributed by atoms with E-state index in [4.69, 9.17) is 5.73 Å². The SMILES string of the molecule is Nc1ccc(F)c(C(=O)c2cccs2)c1F. The molecule has 0 spiro atoms. The van der Waals surface area contributed by atoms with Crippen LogP contribution in [-0.2, 0) is 0 Å². The van der Waals surface area contributed by atoms with Crippen molar-refractivity contribution in [3.05, 3.63) is 51.7 Å². The lowest BCUT2D eigenvalue weighted by atomic mass is 10.1. The van der Waals surface area contributed by atoms with Gasteiger partial charge in [0, 0.05) is 0 Å². The molecule has 2 N–H and O–H groups in total. The highest BCUT2D eigenvalue weighted by atomic mass is 32.1. The van der Waals surface area contributed by atoms with E-state index in [-0.39, 0.29) is 10.6 Å². The summed E-state index contributed by atoms with van der Waals surface area (Å²) < 4.78 is 26.9. The fourth-order valence-electron chi connectivity index (χ4n) is 1.31. The molecule has 0 bridgehead atoms. The van der Waals surface area contributed by atoms with E-state index in [9.17, 15) is 13.6 Å². The molecule has 1 heterocycles. The molecule has 0 saturated heterocycles. The predicted molar refractivity (Wildman–Crippen MR) is 58.5 cm³/mol. The predicted octanol–water partition coefficient (Wildman–Crippen LogP) is 2.84. The minimum Gasteiger partial charge on any atom is -0.396 e. The second-order valence-electron chi connectivity index (χ2n) is 3.13. The quantitative estimate of drug-likeness (QED) is 0.646. The van der Waals surface area contributed by atoms with Crippen LogP contribution in [0.2, 0.25) is 0 Å². The zero-order valence-corrected chi connectivity index (χ0v) is 8.85. The Balaban J connectivity index is 2.56. The van der Waals surface area contributed by atoms with Crippen LogP contribution in [0, 0.1) is 11.6 Å². The summed E-state index contributed by atoms with van der Waals surface area (Å²) in [5.74, 6) is -2.58. The summed E-state index contributed by atoms with van der Waals surface area (Å²) in [4.78, 5) is 12.1. The Morgan fingerprint density at radius 2 is 2.00 bits per heavy atom. The number of hydrogen-bond donors (Lipinski definition) is 1. The summed E-state index contributed by atoms with van der Waals surface area (Å²) in [6.45, 7) is 0. The molecule has 0 radical (unpaired) electrons. The Morgan fingerprint density at radius 1 is 1.25 bits per heavy atom. The second-order valence-corrected chi connectivity index (χ2v) is 4.08. The molecular weight excluding hydrogens is 232 g/mol. The molecule has 82 valence electrons. The van der Waals surface area contributed by atoms with Crippen molar-refractivity contribution >= 4 is 22.8 Å². The third kappa shape index (κ3) is 1.69. The molecule has 0 fully saturated rings. The van der Waals surface area contributed by atoms with Gasteiger partial charge in [0.1, 0.15) is 5.82 Å². The molecule has 2 nitrogen and oxygen atoms in total. The third-order valence-electron chi connectivity index (χ3n) is 2.09. The van der Waals surface area contributed by atoms with Gasteiger partial charge in [-0.05, 0) is 23.6 Å². The minimum absolute atomic E-state index is 0.235. The Morgan fingerprint density at radius 3 is 2.62 bits per heavy atom. The Bertz CT molecular complexity index is 537. The van der Waals surface area contributed by atoms with Crippen LogP contribution in [0.15, 0.2) is 29.6 Å². The van der Waals surface area contributed by atoms with Gasteiger partial charge in [-0.25, -0.2) is 8.78 Å². The summed E-state index contributed by atoms with van der Waals surface area (Å²) in [5.41, 5.74) is 4.46. The highest BCUT2D eigenvalue weighted by Gasteiger charge is 2.21. The molecule has 0 aliphatic carbocycles. The first-order valence-corrected chi connectivity index (χ1v) is 5.31. The number of benzene rings is 1. The van der Waals surface area contributed by atoms with E-state index in [0.717, 1.165) is 23.5 Å². The van der Waals surface area contributed by atoms with Crippen molar-refractivity contribution in [2.75, 3.05) is 5.73 Å². The van der Waals surface area contributed by atoms with Crippen molar-refractivity contribution < 1.29 is 13.6 Å². The zero-order valence-electron chi connectivity index (χ0n) is 8.04. The molecule has 0 atom stereocenters. The fourth-order valence-corrected chi connectivity index (χ4v) is 1.98. The van der Waals surface area contributed by atoms with Gasteiger partial charge in [0.15, 0.2) is 5.82 Å². The van der Waals surface area contributed by atoms with Gasteiger partial charge in [-0.2, -0.15) is 0 Å². The monoisotopic (exact) mass is 239 g/mol. The van der Waals surface area contributed by atoms with Gasteiger partial charge >= 0.3 is 0 Å². The summed E-state index contributed by atoms with van der Waals surface area (Å²) >= 11 is 1.13. The molecule has 0 amide bonds. The second kappa shape index (κ2) is 4.02. The van der Waals surface area contributed by atoms with Crippen molar-refractivity contribution in [2.24, 2.45) is 0 Å². The zero-order chi connectivity index (χ0) is 11.7. The maximum absolute atomic E-state index is 13.5. The highest BCUT2D eigenvalue weighted by Crippen LogP contribution is 2.23. The van der Waals surface area contributed by atoms with E-state index in [1.165, 1.54) is 6.07 Å². The molecule has 0 aliphatic rings. The van der Waals surface area contributed by atoms with Crippen molar-refractivity contribution in [3.8, 4) is 0 Å². The number of thiophene rings is 1. The number of nitrogen functional groups attached to an aromatic ring is 1. The van der Waals surface area contributed by atoms with E-state index < -0.39 is 23.0 Å². The number of ketones is 1.